The molecule has 2 aromatic heterocycles. The minimum Gasteiger partial charge on any atom is -0.463 e. The van der Waals surface area contributed by atoms with Crippen LogP contribution in [-0.4, -0.2) is 109 Å². The van der Waals surface area contributed by atoms with Gasteiger partial charge in [0.1, 0.15) is 24.9 Å². The number of rotatable bonds is 8. The number of nitrogens with zero attached hydrogens (tertiary/aromatic N) is 2. The molecule has 0 aromatic carbocycles. The molecule has 0 bridgehead atoms. The van der Waals surface area contributed by atoms with Crippen LogP contribution in [0.5, 0.6) is 0 Å². The van der Waals surface area contributed by atoms with Gasteiger partial charge in [-0.2, -0.15) is 0 Å². The number of aliphatic hydroxyl groups is 3. The van der Waals surface area contributed by atoms with E-state index >= 15 is 4.39 Å². The molecule has 49 heavy (non-hydrogen) atoms. The number of halogens is 2. The number of nitrogens with two attached hydrogens (primary N) is 1. The van der Waals surface area contributed by atoms with Gasteiger partial charge in [-0.3, -0.25) is 38.3 Å². The van der Waals surface area contributed by atoms with Crippen molar-refractivity contribution in [1.29, 1.82) is 0 Å². The summed E-state index contributed by atoms with van der Waals surface area (Å²) in [6.07, 6.45) is -7.20. The Kier molecular flexibility index (Phi) is 13.1. The maximum Gasteiger partial charge on any atom is 0.330 e. The maximum atomic E-state index is 15.9. The number of aromatic nitrogens is 4. The zero-order valence-electron chi connectivity index (χ0n) is 33.0. The van der Waals surface area contributed by atoms with Crippen molar-refractivity contribution in [3.8, 4) is 0 Å². The fourth-order valence-electron chi connectivity index (χ4n) is 4.28. The van der Waals surface area contributed by atoms with Gasteiger partial charge in [0, 0.05) is 53.7 Å². The number of carbonyl (C=O) groups excluding carboxylic acids is 2. The summed E-state index contributed by atoms with van der Waals surface area (Å²) < 4.78 is 96.3. The summed E-state index contributed by atoms with van der Waals surface area (Å²) in [5, 5.41) is 25.8. The molecule has 0 amide bonds. The van der Waals surface area contributed by atoms with E-state index in [4.69, 9.17) is 43.1 Å². The molecule has 4 rings (SSSR count). The van der Waals surface area contributed by atoms with E-state index in [1.165, 1.54) is 12.8 Å². The summed E-state index contributed by atoms with van der Waals surface area (Å²) in [6, 6.07) is 1.74. The molecule has 0 radical (unpaired) electrons. The lowest BCUT2D eigenvalue weighted by Crippen LogP contribution is -2.46. The molecule has 2 aliphatic rings. The topological polar surface area (TPSA) is 267 Å². The highest BCUT2D eigenvalue weighted by Gasteiger charge is 2.58. The van der Waals surface area contributed by atoms with Crippen molar-refractivity contribution < 1.29 is 60.9 Å². The highest BCUT2D eigenvalue weighted by atomic mass is 19.1. The van der Waals surface area contributed by atoms with E-state index in [1.54, 1.807) is 0 Å². The summed E-state index contributed by atoms with van der Waals surface area (Å²) in [6.45, 7) is -3.21. The van der Waals surface area contributed by atoms with Crippen molar-refractivity contribution in [2.75, 3.05) is 26.9 Å². The Morgan fingerprint density at radius 2 is 1.45 bits per heavy atom. The number of unbranched alkanes of at least 4 members (excludes halogenated alkanes) is 1. The monoisotopic (exact) mass is 717 g/mol. The number of aliphatic hydroxyl groups excluding tert-OH is 3. The van der Waals surface area contributed by atoms with Crippen molar-refractivity contribution in [3.63, 3.8) is 0 Å². The predicted molar refractivity (Wildman–Crippen MR) is 167 cm³/mol. The van der Waals surface area contributed by atoms with E-state index in [9.17, 15) is 38.3 Å². The molecule has 0 spiro atoms. The number of aromatic amines is 2. The lowest BCUT2D eigenvalue weighted by Gasteiger charge is -2.27. The Morgan fingerprint density at radius 3 is 1.82 bits per heavy atom. The van der Waals surface area contributed by atoms with Crippen LogP contribution in [-0.2, 0) is 28.5 Å². The lowest BCUT2D eigenvalue weighted by molar-refractivity contribution is -0.158. The van der Waals surface area contributed by atoms with E-state index < -0.39 is 110 Å². The van der Waals surface area contributed by atoms with Crippen molar-refractivity contribution >= 4 is 11.9 Å². The average Bonchev–Trinajstić information content (AvgIpc) is 3.52. The summed E-state index contributed by atoms with van der Waals surface area (Å²) in [7, 11) is 1.00. The smallest absolute Gasteiger partial charge is 0.330 e. The largest absolute Gasteiger partial charge is 0.463 e. The second-order valence-electron chi connectivity index (χ2n) is 10.2. The van der Waals surface area contributed by atoms with Crippen LogP contribution < -0.4 is 28.2 Å². The van der Waals surface area contributed by atoms with E-state index in [0.29, 0.717) is 9.13 Å². The summed E-state index contributed by atoms with van der Waals surface area (Å²) in [4.78, 5) is 72.1. The Balaban J connectivity index is 0.000000480. The first-order valence-corrected chi connectivity index (χ1v) is 14.5. The molecule has 7 N–H and O–H groups in total. The number of H-pyrrole nitrogens is 2. The van der Waals surface area contributed by atoms with Crippen molar-refractivity contribution in [3.05, 3.63) is 66.2 Å². The third-order valence-electron chi connectivity index (χ3n) is 6.55. The highest BCUT2D eigenvalue weighted by molar-refractivity contribution is 5.66. The number of ether oxygens (including phenoxy) is 4. The number of hydrogen-bond donors (Lipinski definition) is 6. The molecule has 0 unspecified atom stereocenters. The first-order chi connectivity index (χ1) is 25.4. The molecular formula is C29H45F2N5O13. The first kappa shape index (κ1) is 33.4. The fraction of sp³-hybridized carbons (Fsp3) is 0.655. The predicted octanol–water partition coefficient (Wildman–Crippen LogP) is -1.47. The molecule has 2 saturated heterocycles. The van der Waals surface area contributed by atoms with Crippen LogP contribution in [0.15, 0.2) is 43.7 Å². The van der Waals surface area contributed by atoms with Gasteiger partial charge >= 0.3 is 23.3 Å². The molecule has 4 heterocycles. The Labute approximate surface area is 286 Å². The van der Waals surface area contributed by atoms with E-state index in [1.807, 2.05) is 9.97 Å². The van der Waals surface area contributed by atoms with Crippen LogP contribution >= 0.6 is 0 Å². The van der Waals surface area contributed by atoms with E-state index in [0.717, 1.165) is 52.0 Å². The quantitative estimate of drug-likeness (QED) is 0.134. The van der Waals surface area contributed by atoms with Gasteiger partial charge in [-0.15, -0.1) is 0 Å². The van der Waals surface area contributed by atoms with E-state index in [2.05, 4.69) is 6.92 Å². The highest BCUT2D eigenvalue weighted by Crippen LogP contribution is 2.43. The molecule has 0 aliphatic carbocycles. The van der Waals surface area contributed by atoms with Gasteiger partial charge in [0.15, 0.2) is 29.9 Å². The molecule has 278 valence electrons. The van der Waals surface area contributed by atoms with Gasteiger partial charge in [-0.25, -0.2) is 18.4 Å². The molecule has 2 aliphatic heterocycles. The molecule has 8 atom stereocenters. The second-order valence-corrected chi connectivity index (χ2v) is 10.2. The number of nitrogens with one attached hydrogen (secondary N) is 2. The summed E-state index contributed by atoms with van der Waals surface area (Å²) >= 11 is 0. The number of alkyl halides is 2. The lowest BCUT2D eigenvalue weighted by atomic mass is 10.0. The maximum absolute atomic E-state index is 15.9. The zero-order valence-corrected chi connectivity index (χ0v) is 27.0. The number of esters is 2. The fourth-order valence-corrected chi connectivity index (χ4v) is 4.28. The van der Waals surface area contributed by atoms with E-state index in [-0.39, 0.29) is 0 Å². The van der Waals surface area contributed by atoms with Crippen LogP contribution in [0, 0.1) is 0 Å². The molecule has 18 nitrogen and oxygen atoms in total. The van der Waals surface area contributed by atoms with Crippen molar-refractivity contribution in [1.82, 2.24) is 19.1 Å². The normalized spacial score (nSPS) is 30.8. The molecular weight excluding hydrogens is 666 g/mol. The molecule has 2 fully saturated rings. The third-order valence-corrected chi connectivity index (χ3v) is 6.55. The molecule has 20 heteroatoms. The van der Waals surface area contributed by atoms with Crippen LogP contribution in [0.4, 0.5) is 8.78 Å². The van der Waals surface area contributed by atoms with Crippen LogP contribution in [0.3, 0.4) is 0 Å². The van der Waals surface area contributed by atoms with Crippen molar-refractivity contribution in [2.45, 2.75) is 95.5 Å². The SMILES string of the molecule is CCCCN.CO.[2H][13C]([2H])([2H])[C@@]1(F)[C@H](O)[C@@H](CO)O[C@H]1n1ccc(=O)[nH]c1=O.[2H][13C]([2H])([2H])[C@@]1(F)[C@H](OC(C)=O)[C@@H](COC(C)=O)O[C@H]1n1ccc(=O)[nH]c1=O. The number of hydrogen-bond acceptors (Lipinski definition) is 14. The average molecular weight is 718 g/mol. The minimum absolute atomic E-state index is 0.520. The Hall–Kier alpha value is -4.08. The van der Waals surface area contributed by atoms with Gasteiger partial charge in [0.2, 0.25) is 0 Å². The summed E-state index contributed by atoms with van der Waals surface area (Å²) in [5.74, 6) is -1.76. The third kappa shape index (κ3) is 11.2. The first-order valence-electron chi connectivity index (χ1n) is 17.5. The molecule has 2 aromatic rings. The van der Waals surface area contributed by atoms with Gasteiger partial charge in [-0.05, 0) is 26.7 Å². The van der Waals surface area contributed by atoms with Gasteiger partial charge in [-0.1, -0.05) is 13.3 Å². The Bertz CT molecular complexity index is 1800. The van der Waals surface area contributed by atoms with Crippen LogP contribution in [0.2, 0.25) is 0 Å². The van der Waals surface area contributed by atoms with Gasteiger partial charge in [0.25, 0.3) is 11.1 Å². The zero-order chi connectivity index (χ0) is 42.7. The van der Waals surface area contributed by atoms with Crippen LogP contribution in [0.25, 0.3) is 0 Å². The number of carbonyl (C=O) groups is 2. The standard InChI is InChI=1S/C14H17FN2O7.C10H13FN2O5.C4H11N.CH4O/c1-7(18)22-6-9-11(23-8(2)19)14(3,15)12(24-9)17-5-4-10(20)16-13(17)21;1-10(11)7(16)5(4-14)18-8(10)13-3-2-6(15)12-9(13)17;1-2-3-4-5;1-2/h4-5,9,11-12H,6H2,1-3H3,(H,16,20,21);2-3,5,7-8,14,16H,4H2,1H3,(H,12,15,17);2-5H2,1H3;2H,1H3/t9-,11-,12-,14-;5-,7-,8-,10-;;/m11../s1/i3+1D3;1+1D3;;. The van der Waals surface area contributed by atoms with Crippen LogP contribution in [0.1, 0.15) is 68.0 Å². The van der Waals surface area contributed by atoms with Crippen molar-refractivity contribution in [2.24, 2.45) is 5.73 Å². The summed E-state index contributed by atoms with van der Waals surface area (Å²) in [5.41, 5.74) is -5.32. The molecule has 0 saturated carbocycles. The minimum atomic E-state index is -3.40. The van der Waals surface area contributed by atoms with Gasteiger partial charge < -0.3 is 40.0 Å². The van der Waals surface area contributed by atoms with Gasteiger partial charge in [0.05, 0.1) is 6.61 Å². The Morgan fingerprint density at radius 1 is 0.959 bits per heavy atom. The second kappa shape index (κ2) is 19.2.